The molecule has 3 aromatic rings. The third-order valence-corrected chi connectivity index (χ3v) is 5.04. The Hall–Kier alpha value is -1.85. The van der Waals surface area contributed by atoms with Crippen LogP contribution in [0.25, 0.3) is 10.7 Å². The highest BCUT2D eigenvalue weighted by molar-refractivity contribution is 7.13. The molecule has 0 aliphatic heterocycles. The first-order chi connectivity index (χ1) is 10.7. The van der Waals surface area contributed by atoms with Crippen molar-refractivity contribution < 1.29 is 0 Å². The van der Waals surface area contributed by atoms with Gasteiger partial charge in [0.1, 0.15) is 0 Å². The van der Waals surface area contributed by atoms with Crippen LogP contribution in [0, 0.1) is 0 Å². The quantitative estimate of drug-likeness (QED) is 0.729. The van der Waals surface area contributed by atoms with Crippen LogP contribution in [-0.2, 0) is 6.54 Å². The van der Waals surface area contributed by atoms with E-state index in [1.807, 2.05) is 46.3 Å². The predicted octanol–water partition coefficient (Wildman–Crippen LogP) is 3.81. The molecule has 0 atom stereocenters. The minimum atomic E-state index is -0.0502. The molecular formula is C16H14ClN3OS. The molecule has 2 heterocycles. The first-order valence-corrected chi connectivity index (χ1v) is 8.46. The third-order valence-electron chi connectivity index (χ3n) is 3.80. The van der Waals surface area contributed by atoms with Crippen molar-refractivity contribution in [2.75, 3.05) is 0 Å². The number of aromatic nitrogens is 3. The van der Waals surface area contributed by atoms with Crippen LogP contribution in [0.4, 0.5) is 0 Å². The van der Waals surface area contributed by atoms with Gasteiger partial charge in [0.25, 0.3) is 0 Å². The van der Waals surface area contributed by atoms with Gasteiger partial charge in [0.05, 0.1) is 11.4 Å². The van der Waals surface area contributed by atoms with Crippen LogP contribution in [-0.4, -0.2) is 14.3 Å². The summed E-state index contributed by atoms with van der Waals surface area (Å²) in [6.45, 7) is 0.399. The van der Waals surface area contributed by atoms with Crippen molar-refractivity contribution in [1.29, 1.82) is 0 Å². The summed E-state index contributed by atoms with van der Waals surface area (Å²) in [4.78, 5) is 13.7. The van der Waals surface area contributed by atoms with E-state index >= 15 is 0 Å². The first kappa shape index (κ1) is 13.8. The van der Waals surface area contributed by atoms with Gasteiger partial charge >= 0.3 is 5.69 Å². The molecule has 0 radical (unpaired) electrons. The van der Waals surface area contributed by atoms with Crippen molar-refractivity contribution in [3.8, 4) is 10.7 Å². The van der Waals surface area contributed by atoms with Gasteiger partial charge in [0, 0.05) is 11.1 Å². The summed E-state index contributed by atoms with van der Waals surface area (Å²) in [6.07, 6.45) is 2.10. The second kappa shape index (κ2) is 5.41. The Bertz CT molecular complexity index is 862. The van der Waals surface area contributed by atoms with Crippen LogP contribution in [0.1, 0.15) is 24.4 Å². The molecule has 4 nitrogen and oxygen atoms in total. The predicted molar refractivity (Wildman–Crippen MR) is 88.6 cm³/mol. The van der Waals surface area contributed by atoms with Crippen molar-refractivity contribution in [1.82, 2.24) is 14.3 Å². The Balaban J connectivity index is 1.79. The molecule has 0 spiro atoms. The molecule has 4 rings (SSSR count). The van der Waals surface area contributed by atoms with Crippen molar-refractivity contribution in [3.63, 3.8) is 0 Å². The summed E-state index contributed by atoms with van der Waals surface area (Å²) >= 11 is 7.80. The molecule has 112 valence electrons. The van der Waals surface area contributed by atoms with Gasteiger partial charge in [-0.2, -0.15) is 0 Å². The summed E-state index contributed by atoms with van der Waals surface area (Å²) in [5.41, 5.74) is 0.857. The van der Waals surface area contributed by atoms with Crippen LogP contribution in [0.5, 0.6) is 0 Å². The van der Waals surface area contributed by atoms with E-state index in [1.54, 1.807) is 11.3 Å². The van der Waals surface area contributed by atoms with Crippen molar-refractivity contribution in [3.05, 3.63) is 62.8 Å². The second-order valence-electron chi connectivity index (χ2n) is 5.43. The van der Waals surface area contributed by atoms with Crippen molar-refractivity contribution in [2.45, 2.75) is 25.4 Å². The smallest absolute Gasteiger partial charge is 0.271 e. The zero-order chi connectivity index (χ0) is 15.1. The number of thiophene rings is 1. The molecule has 0 unspecified atom stereocenters. The minimum Gasteiger partial charge on any atom is -0.271 e. The van der Waals surface area contributed by atoms with E-state index in [4.69, 9.17) is 11.6 Å². The standard InChI is InChI=1S/C16H14ClN3OS/c17-13-5-2-1-4-11(13)10-19-16(21)20(12-7-8-12)15(18-19)14-6-3-9-22-14/h1-6,9,12H,7-8,10H2. The lowest BCUT2D eigenvalue weighted by Gasteiger charge is -2.02. The number of hydrogen-bond donors (Lipinski definition) is 0. The molecule has 0 bridgehead atoms. The van der Waals surface area contributed by atoms with E-state index in [1.165, 1.54) is 4.68 Å². The van der Waals surface area contributed by atoms with Crippen LogP contribution in [0.2, 0.25) is 5.02 Å². The Morgan fingerprint density at radius 3 is 2.73 bits per heavy atom. The Kier molecular flexibility index (Phi) is 3.39. The van der Waals surface area contributed by atoms with E-state index in [0.717, 1.165) is 29.1 Å². The lowest BCUT2D eigenvalue weighted by Crippen LogP contribution is -2.25. The lowest BCUT2D eigenvalue weighted by molar-refractivity contribution is 0.626. The summed E-state index contributed by atoms with van der Waals surface area (Å²) in [7, 11) is 0. The normalized spacial score (nSPS) is 14.4. The maximum Gasteiger partial charge on any atom is 0.346 e. The topological polar surface area (TPSA) is 39.8 Å². The fraction of sp³-hybridized carbons (Fsp3) is 0.250. The number of benzene rings is 1. The van der Waals surface area contributed by atoms with E-state index in [9.17, 15) is 4.79 Å². The molecule has 1 fully saturated rings. The van der Waals surface area contributed by atoms with Gasteiger partial charge in [-0.05, 0) is 35.9 Å². The van der Waals surface area contributed by atoms with E-state index in [0.29, 0.717) is 17.6 Å². The highest BCUT2D eigenvalue weighted by Gasteiger charge is 2.30. The maximum atomic E-state index is 12.7. The summed E-state index contributed by atoms with van der Waals surface area (Å²) in [6, 6.07) is 11.8. The Morgan fingerprint density at radius 2 is 2.05 bits per heavy atom. The molecule has 1 aliphatic rings. The Labute approximate surface area is 136 Å². The zero-order valence-corrected chi connectivity index (χ0v) is 13.3. The minimum absolute atomic E-state index is 0.0502. The van der Waals surface area contributed by atoms with Crippen molar-refractivity contribution >= 4 is 22.9 Å². The van der Waals surface area contributed by atoms with E-state index in [-0.39, 0.29) is 5.69 Å². The molecule has 0 amide bonds. The SMILES string of the molecule is O=c1n(Cc2ccccc2Cl)nc(-c2cccs2)n1C1CC1. The van der Waals surface area contributed by atoms with Gasteiger partial charge in [-0.3, -0.25) is 4.57 Å². The van der Waals surface area contributed by atoms with Gasteiger partial charge in [-0.25, -0.2) is 9.48 Å². The number of hydrogen-bond acceptors (Lipinski definition) is 3. The molecule has 1 saturated carbocycles. The largest absolute Gasteiger partial charge is 0.346 e. The molecule has 2 aromatic heterocycles. The number of rotatable bonds is 4. The average molecular weight is 332 g/mol. The monoisotopic (exact) mass is 331 g/mol. The van der Waals surface area contributed by atoms with Gasteiger partial charge in [-0.1, -0.05) is 35.9 Å². The van der Waals surface area contributed by atoms with Crippen LogP contribution in [0.15, 0.2) is 46.6 Å². The third kappa shape index (κ3) is 2.40. The number of nitrogens with zero attached hydrogens (tertiary/aromatic N) is 3. The molecule has 0 saturated heterocycles. The van der Waals surface area contributed by atoms with Gasteiger partial charge in [-0.15, -0.1) is 16.4 Å². The van der Waals surface area contributed by atoms with Crippen LogP contribution >= 0.6 is 22.9 Å². The molecular weight excluding hydrogens is 318 g/mol. The fourth-order valence-corrected chi connectivity index (χ4v) is 3.45. The summed E-state index contributed by atoms with van der Waals surface area (Å²) in [5, 5.41) is 7.23. The van der Waals surface area contributed by atoms with Gasteiger partial charge in [0.15, 0.2) is 5.82 Å². The molecule has 1 aromatic carbocycles. The maximum absolute atomic E-state index is 12.7. The van der Waals surface area contributed by atoms with Gasteiger partial charge < -0.3 is 0 Å². The molecule has 6 heteroatoms. The Morgan fingerprint density at radius 1 is 1.23 bits per heavy atom. The zero-order valence-electron chi connectivity index (χ0n) is 11.8. The second-order valence-corrected chi connectivity index (χ2v) is 6.79. The molecule has 22 heavy (non-hydrogen) atoms. The van der Waals surface area contributed by atoms with Gasteiger partial charge in [0.2, 0.25) is 0 Å². The van der Waals surface area contributed by atoms with E-state index in [2.05, 4.69) is 5.10 Å². The first-order valence-electron chi connectivity index (χ1n) is 7.20. The highest BCUT2D eigenvalue weighted by Crippen LogP contribution is 2.37. The van der Waals surface area contributed by atoms with E-state index < -0.39 is 0 Å². The fourth-order valence-electron chi connectivity index (χ4n) is 2.55. The van der Waals surface area contributed by atoms with Crippen molar-refractivity contribution in [2.24, 2.45) is 0 Å². The van der Waals surface area contributed by atoms with Crippen LogP contribution < -0.4 is 5.69 Å². The average Bonchev–Trinajstić information content (AvgIpc) is 3.09. The molecule has 1 aliphatic carbocycles. The van der Waals surface area contributed by atoms with Crippen LogP contribution in [0.3, 0.4) is 0 Å². The summed E-state index contributed by atoms with van der Waals surface area (Å²) < 4.78 is 3.36. The lowest BCUT2D eigenvalue weighted by atomic mass is 10.2. The number of halogens is 1. The summed E-state index contributed by atoms with van der Waals surface area (Å²) in [5.74, 6) is 0.773. The highest BCUT2D eigenvalue weighted by atomic mass is 35.5. The molecule has 0 N–H and O–H groups in total.